The smallest absolute Gasteiger partial charge is 0.237 e. The first-order chi connectivity index (χ1) is 10.5. The number of hydrogen-bond acceptors (Lipinski definition) is 3. The van der Waals surface area contributed by atoms with Crippen LogP contribution in [-0.2, 0) is 11.2 Å². The van der Waals surface area contributed by atoms with Crippen molar-refractivity contribution in [3.8, 4) is 0 Å². The zero-order chi connectivity index (χ0) is 16.4. The van der Waals surface area contributed by atoms with Crippen LogP contribution in [0.15, 0.2) is 30.3 Å². The van der Waals surface area contributed by atoms with Crippen LogP contribution >= 0.6 is 0 Å². The van der Waals surface area contributed by atoms with Crippen molar-refractivity contribution in [2.75, 3.05) is 33.7 Å². The minimum absolute atomic E-state index is 0.0921. The highest BCUT2D eigenvalue weighted by Crippen LogP contribution is 2.05. The van der Waals surface area contributed by atoms with E-state index in [4.69, 9.17) is 0 Å². The van der Waals surface area contributed by atoms with Gasteiger partial charge in [0.15, 0.2) is 0 Å². The number of rotatable bonds is 10. The van der Waals surface area contributed by atoms with Crippen LogP contribution in [0.4, 0.5) is 0 Å². The van der Waals surface area contributed by atoms with Crippen molar-refractivity contribution in [3.05, 3.63) is 35.9 Å². The SMILES string of the molecule is CC(C)CCNC(Cc1ccccc1)C(=O)NCCN(C)C. The maximum atomic E-state index is 12.4. The molecule has 0 radical (unpaired) electrons. The van der Waals surface area contributed by atoms with Crippen LogP contribution in [0.1, 0.15) is 25.8 Å². The number of carbonyl (C=O) groups excluding carboxylic acids is 1. The summed E-state index contributed by atoms with van der Waals surface area (Å²) in [7, 11) is 4.02. The number of carbonyl (C=O) groups is 1. The van der Waals surface area contributed by atoms with Crippen LogP contribution in [-0.4, -0.2) is 50.6 Å². The number of nitrogens with zero attached hydrogens (tertiary/aromatic N) is 1. The van der Waals surface area contributed by atoms with Crippen LogP contribution in [0.5, 0.6) is 0 Å². The van der Waals surface area contributed by atoms with Gasteiger partial charge in [0.2, 0.25) is 5.91 Å². The summed E-state index contributed by atoms with van der Waals surface area (Å²) < 4.78 is 0. The lowest BCUT2D eigenvalue weighted by atomic mass is 10.0. The molecule has 0 saturated carbocycles. The Hall–Kier alpha value is -1.39. The monoisotopic (exact) mass is 305 g/mol. The zero-order valence-electron chi connectivity index (χ0n) is 14.4. The molecule has 1 atom stereocenters. The van der Waals surface area contributed by atoms with E-state index in [-0.39, 0.29) is 11.9 Å². The lowest BCUT2D eigenvalue weighted by Crippen LogP contribution is -2.47. The van der Waals surface area contributed by atoms with Crippen molar-refractivity contribution in [3.63, 3.8) is 0 Å². The molecule has 1 amide bonds. The second kappa shape index (κ2) is 10.4. The predicted octanol–water partition coefficient (Wildman–Crippen LogP) is 1.91. The maximum Gasteiger partial charge on any atom is 0.237 e. The number of amides is 1. The van der Waals surface area contributed by atoms with Gasteiger partial charge in [0.25, 0.3) is 0 Å². The molecule has 0 aliphatic heterocycles. The normalized spacial score (nSPS) is 12.6. The second-order valence-electron chi connectivity index (χ2n) is 6.47. The summed E-state index contributed by atoms with van der Waals surface area (Å²) in [6.07, 6.45) is 1.81. The molecule has 4 nitrogen and oxygen atoms in total. The molecule has 1 rings (SSSR count). The quantitative estimate of drug-likeness (QED) is 0.694. The highest BCUT2D eigenvalue weighted by molar-refractivity contribution is 5.82. The van der Waals surface area contributed by atoms with E-state index in [0.29, 0.717) is 12.5 Å². The van der Waals surface area contributed by atoms with Gasteiger partial charge in [0.05, 0.1) is 6.04 Å². The largest absolute Gasteiger partial charge is 0.353 e. The number of hydrogen-bond donors (Lipinski definition) is 2. The molecule has 0 aliphatic rings. The van der Waals surface area contributed by atoms with Gasteiger partial charge in [0, 0.05) is 13.1 Å². The third-order valence-corrected chi connectivity index (χ3v) is 3.57. The zero-order valence-corrected chi connectivity index (χ0v) is 14.4. The summed E-state index contributed by atoms with van der Waals surface area (Å²) >= 11 is 0. The second-order valence-corrected chi connectivity index (χ2v) is 6.47. The third-order valence-electron chi connectivity index (χ3n) is 3.57. The highest BCUT2D eigenvalue weighted by atomic mass is 16.2. The van der Waals surface area contributed by atoms with E-state index in [1.807, 2.05) is 32.3 Å². The van der Waals surface area contributed by atoms with E-state index in [9.17, 15) is 4.79 Å². The number of benzene rings is 1. The first kappa shape index (κ1) is 18.7. The fourth-order valence-corrected chi connectivity index (χ4v) is 2.18. The summed E-state index contributed by atoms with van der Waals surface area (Å²) in [5, 5.41) is 6.44. The lowest BCUT2D eigenvalue weighted by Gasteiger charge is -2.20. The van der Waals surface area contributed by atoms with Crippen LogP contribution in [0, 0.1) is 5.92 Å². The average molecular weight is 305 g/mol. The Kier molecular flexibility index (Phi) is 8.78. The molecule has 1 unspecified atom stereocenters. The first-order valence-electron chi connectivity index (χ1n) is 8.18. The molecular formula is C18H31N3O. The van der Waals surface area contributed by atoms with E-state index in [0.717, 1.165) is 25.9 Å². The first-order valence-corrected chi connectivity index (χ1v) is 8.18. The fraction of sp³-hybridized carbons (Fsp3) is 0.611. The summed E-state index contributed by atoms with van der Waals surface area (Å²) in [4.78, 5) is 14.5. The Morgan fingerprint density at radius 2 is 1.82 bits per heavy atom. The number of likely N-dealkylation sites (N-methyl/N-ethyl adjacent to an activating group) is 1. The van der Waals surface area contributed by atoms with Gasteiger partial charge < -0.3 is 15.5 Å². The summed E-state index contributed by atoms with van der Waals surface area (Å²) in [5.74, 6) is 0.733. The van der Waals surface area contributed by atoms with E-state index in [1.165, 1.54) is 5.56 Å². The van der Waals surface area contributed by atoms with Crippen molar-refractivity contribution >= 4 is 5.91 Å². The maximum absolute atomic E-state index is 12.4. The fourth-order valence-electron chi connectivity index (χ4n) is 2.18. The Morgan fingerprint density at radius 1 is 1.14 bits per heavy atom. The third kappa shape index (κ3) is 8.15. The minimum Gasteiger partial charge on any atom is -0.353 e. The summed E-state index contributed by atoms with van der Waals surface area (Å²) in [6.45, 7) is 6.81. The van der Waals surface area contributed by atoms with Crippen molar-refractivity contribution < 1.29 is 4.79 Å². The lowest BCUT2D eigenvalue weighted by molar-refractivity contribution is -0.123. The van der Waals surface area contributed by atoms with Crippen molar-refractivity contribution in [2.45, 2.75) is 32.7 Å². The molecule has 0 fully saturated rings. The average Bonchev–Trinajstić information content (AvgIpc) is 2.46. The molecular weight excluding hydrogens is 274 g/mol. The van der Waals surface area contributed by atoms with Crippen LogP contribution < -0.4 is 10.6 Å². The van der Waals surface area contributed by atoms with Gasteiger partial charge in [-0.15, -0.1) is 0 Å². The molecule has 0 spiro atoms. The van der Waals surface area contributed by atoms with Crippen LogP contribution in [0.3, 0.4) is 0 Å². The van der Waals surface area contributed by atoms with Gasteiger partial charge in [-0.05, 0) is 45.0 Å². The Bertz CT molecular complexity index is 418. The van der Waals surface area contributed by atoms with Gasteiger partial charge in [-0.25, -0.2) is 0 Å². The summed E-state index contributed by atoms with van der Waals surface area (Å²) in [5.41, 5.74) is 1.19. The molecule has 0 aliphatic carbocycles. The Balaban J connectivity index is 2.54. The van der Waals surface area contributed by atoms with Gasteiger partial charge in [-0.1, -0.05) is 44.2 Å². The molecule has 2 N–H and O–H groups in total. The molecule has 22 heavy (non-hydrogen) atoms. The molecule has 124 valence electrons. The van der Waals surface area contributed by atoms with Gasteiger partial charge in [0.1, 0.15) is 0 Å². The molecule has 1 aromatic carbocycles. The van der Waals surface area contributed by atoms with Crippen LogP contribution in [0.2, 0.25) is 0 Å². The minimum atomic E-state index is -0.164. The summed E-state index contributed by atoms with van der Waals surface area (Å²) in [6, 6.07) is 10.0. The molecule has 0 heterocycles. The topological polar surface area (TPSA) is 44.4 Å². The Labute approximate surface area is 135 Å². The molecule has 1 aromatic rings. The molecule has 0 saturated heterocycles. The van der Waals surface area contributed by atoms with E-state index in [1.54, 1.807) is 0 Å². The Morgan fingerprint density at radius 3 is 2.41 bits per heavy atom. The van der Waals surface area contributed by atoms with Gasteiger partial charge in [-0.2, -0.15) is 0 Å². The molecule has 0 aromatic heterocycles. The van der Waals surface area contributed by atoms with Gasteiger partial charge in [-0.3, -0.25) is 4.79 Å². The van der Waals surface area contributed by atoms with Crippen molar-refractivity contribution in [1.82, 2.24) is 15.5 Å². The predicted molar refractivity (Wildman–Crippen MR) is 93.0 cm³/mol. The van der Waals surface area contributed by atoms with E-state index < -0.39 is 0 Å². The van der Waals surface area contributed by atoms with E-state index >= 15 is 0 Å². The van der Waals surface area contributed by atoms with Crippen LogP contribution in [0.25, 0.3) is 0 Å². The molecule has 4 heteroatoms. The standard InChI is InChI=1S/C18H31N3O/c1-15(2)10-11-19-17(14-16-8-6-5-7-9-16)18(22)20-12-13-21(3)4/h5-9,15,17,19H,10-14H2,1-4H3,(H,20,22). The molecule has 0 bridgehead atoms. The highest BCUT2D eigenvalue weighted by Gasteiger charge is 2.18. The number of nitrogens with one attached hydrogen (secondary N) is 2. The van der Waals surface area contributed by atoms with Gasteiger partial charge >= 0.3 is 0 Å². The van der Waals surface area contributed by atoms with Crippen molar-refractivity contribution in [1.29, 1.82) is 0 Å². The van der Waals surface area contributed by atoms with E-state index in [2.05, 4.69) is 41.5 Å². The van der Waals surface area contributed by atoms with Crippen molar-refractivity contribution in [2.24, 2.45) is 5.92 Å².